The molecule has 2 amide bonds. The lowest BCUT2D eigenvalue weighted by Crippen LogP contribution is -2.47. The molecule has 0 heterocycles. The fourth-order valence-corrected chi connectivity index (χ4v) is 1.52. The summed E-state index contributed by atoms with van der Waals surface area (Å²) < 4.78 is 4.86. The molecule has 1 unspecified atom stereocenters. The molecule has 1 atom stereocenters. The number of methoxy groups -OCH3 is 1. The minimum absolute atomic E-state index is 0.207. The van der Waals surface area contributed by atoms with Crippen LogP contribution >= 0.6 is 0 Å². The number of amides is 2. The first-order valence-corrected chi connectivity index (χ1v) is 6.10. The van der Waals surface area contributed by atoms with Crippen molar-refractivity contribution in [1.82, 2.24) is 9.80 Å². The van der Waals surface area contributed by atoms with Crippen molar-refractivity contribution in [2.24, 2.45) is 5.92 Å². The van der Waals surface area contributed by atoms with Gasteiger partial charge in [-0.05, 0) is 13.8 Å². The number of carbonyl (C=O) groups excluding carboxylic acids is 1. The molecule has 0 fully saturated rings. The second-order valence-electron chi connectivity index (χ2n) is 4.16. The Morgan fingerprint density at radius 1 is 1.42 bits per heavy atom. The summed E-state index contributed by atoms with van der Waals surface area (Å²) in [4.78, 5) is 25.6. The molecule has 0 aliphatic rings. The van der Waals surface area contributed by atoms with Crippen molar-refractivity contribution in [3.05, 3.63) is 0 Å². The Balaban J connectivity index is 4.72. The molecule has 7 heteroatoms. The van der Waals surface area contributed by atoms with Crippen LogP contribution in [0.1, 0.15) is 13.8 Å². The summed E-state index contributed by atoms with van der Waals surface area (Å²) in [6, 6.07) is 1.67. The third-order valence-corrected chi connectivity index (χ3v) is 2.53. The summed E-state index contributed by atoms with van der Waals surface area (Å²) in [6.45, 7) is 4.32. The van der Waals surface area contributed by atoms with Crippen LogP contribution < -0.4 is 0 Å². The highest BCUT2D eigenvalue weighted by Gasteiger charge is 2.22. The van der Waals surface area contributed by atoms with Gasteiger partial charge in [0.1, 0.15) is 6.54 Å². The van der Waals surface area contributed by atoms with E-state index in [4.69, 9.17) is 15.1 Å². The summed E-state index contributed by atoms with van der Waals surface area (Å²) in [5.41, 5.74) is 0. The predicted octanol–water partition coefficient (Wildman–Crippen LogP) is 0.621. The lowest BCUT2D eigenvalue weighted by atomic mass is 10.2. The van der Waals surface area contributed by atoms with Gasteiger partial charge >= 0.3 is 12.0 Å². The quantitative estimate of drug-likeness (QED) is 0.698. The minimum atomic E-state index is -1.08. The lowest BCUT2D eigenvalue weighted by molar-refractivity contribution is -0.137. The Labute approximate surface area is 113 Å². The molecular formula is C12H21N3O4. The van der Waals surface area contributed by atoms with E-state index in [1.807, 2.05) is 0 Å². The molecule has 0 aromatic carbocycles. The van der Waals surface area contributed by atoms with Gasteiger partial charge in [0, 0.05) is 26.7 Å². The highest BCUT2D eigenvalue weighted by atomic mass is 16.5. The van der Waals surface area contributed by atoms with Crippen molar-refractivity contribution in [1.29, 1.82) is 5.26 Å². The number of hydrogen-bond donors (Lipinski definition) is 1. The minimum Gasteiger partial charge on any atom is -0.480 e. The molecule has 0 aliphatic carbocycles. The normalized spacial score (nSPS) is 11.5. The summed E-state index contributed by atoms with van der Waals surface area (Å²) in [6.07, 6.45) is 0. The van der Waals surface area contributed by atoms with E-state index in [1.54, 1.807) is 13.8 Å². The van der Waals surface area contributed by atoms with Crippen molar-refractivity contribution >= 4 is 12.0 Å². The first-order valence-electron chi connectivity index (χ1n) is 6.10. The zero-order valence-electron chi connectivity index (χ0n) is 11.6. The monoisotopic (exact) mass is 271 g/mol. The molecule has 0 rings (SSSR count). The van der Waals surface area contributed by atoms with Crippen molar-refractivity contribution in [2.45, 2.75) is 13.8 Å². The summed E-state index contributed by atoms with van der Waals surface area (Å²) in [7, 11) is 1.48. The fraction of sp³-hybridized carbons (Fsp3) is 0.750. The Morgan fingerprint density at radius 2 is 2.05 bits per heavy atom. The van der Waals surface area contributed by atoms with Crippen LogP contribution in [0.3, 0.4) is 0 Å². The van der Waals surface area contributed by atoms with Crippen molar-refractivity contribution in [2.75, 3.05) is 39.9 Å². The number of hydrogen-bond acceptors (Lipinski definition) is 4. The van der Waals surface area contributed by atoms with Crippen LogP contribution in [0.15, 0.2) is 0 Å². The number of nitrogens with zero attached hydrogens (tertiary/aromatic N) is 3. The Kier molecular flexibility index (Phi) is 8.29. The maximum absolute atomic E-state index is 12.2. The van der Waals surface area contributed by atoms with Gasteiger partial charge in [0.2, 0.25) is 0 Å². The van der Waals surface area contributed by atoms with Crippen LogP contribution in [0, 0.1) is 17.2 Å². The van der Waals surface area contributed by atoms with Crippen LogP contribution in [0.2, 0.25) is 0 Å². The Hall–Kier alpha value is -1.81. The van der Waals surface area contributed by atoms with Gasteiger partial charge in [-0.2, -0.15) is 5.26 Å². The average molecular weight is 271 g/mol. The first kappa shape index (κ1) is 17.2. The van der Waals surface area contributed by atoms with Gasteiger partial charge in [-0.25, -0.2) is 4.79 Å². The van der Waals surface area contributed by atoms with Gasteiger partial charge in [0.25, 0.3) is 0 Å². The molecule has 7 nitrogen and oxygen atoms in total. The number of nitriles is 1. The Morgan fingerprint density at radius 3 is 2.47 bits per heavy atom. The number of urea groups is 1. The SMILES string of the molecule is CCN(CC(C)C#N)C(=O)N(CCOC)CC(=O)O. The number of aliphatic carboxylic acids is 1. The van der Waals surface area contributed by atoms with Gasteiger partial charge in [0.05, 0.1) is 18.6 Å². The van der Waals surface area contributed by atoms with Gasteiger partial charge in [-0.1, -0.05) is 0 Å². The second-order valence-corrected chi connectivity index (χ2v) is 4.16. The molecule has 0 saturated carbocycles. The van der Waals surface area contributed by atoms with Crippen LogP contribution in [0.5, 0.6) is 0 Å². The molecule has 0 bridgehead atoms. The van der Waals surface area contributed by atoms with Crippen LogP contribution in [-0.4, -0.2) is 66.8 Å². The molecule has 19 heavy (non-hydrogen) atoms. The number of rotatable bonds is 8. The van der Waals surface area contributed by atoms with Crippen molar-refractivity contribution in [3.63, 3.8) is 0 Å². The number of ether oxygens (including phenoxy) is 1. The average Bonchev–Trinajstić information content (AvgIpc) is 2.39. The maximum Gasteiger partial charge on any atom is 0.323 e. The number of carboxylic acids is 1. The summed E-state index contributed by atoms with van der Waals surface area (Å²) in [5.74, 6) is -1.37. The Bertz CT molecular complexity index is 340. The molecule has 0 radical (unpaired) electrons. The smallest absolute Gasteiger partial charge is 0.323 e. The number of carbonyl (C=O) groups is 2. The van der Waals surface area contributed by atoms with E-state index >= 15 is 0 Å². The van der Waals surface area contributed by atoms with Crippen molar-refractivity contribution < 1.29 is 19.4 Å². The molecule has 0 aliphatic heterocycles. The van der Waals surface area contributed by atoms with Gasteiger partial charge in [-0.15, -0.1) is 0 Å². The van der Waals surface area contributed by atoms with E-state index < -0.39 is 5.97 Å². The zero-order chi connectivity index (χ0) is 14.8. The summed E-state index contributed by atoms with van der Waals surface area (Å²) in [5, 5.41) is 17.6. The molecule has 0 aromatic heterocycles. The van der Waals surface area contributed by atoms with E-state index in [0.29, 0.717) is 6.54 Å². The fourth-order valence-electron chi connectivity index (χ4n) is 1.52. The van der Waals surface area contributed by atoms with Gasteiger partial charge in [-0.3, -0.25) is 4.79 Å². The molecule has 108 valence electrons. The largest absolute Gasteiger partial charge is 0.480 e. The lowest BCUT2D eigenvalue weighted by Gasteiger charge is -2.29. The molecule has 0 aromatic rings. The summed E-state index contributed by atoms with van der Waals surface area (Å²) >= 11 is 0. The molecular weight excluding hydrogens is 250 g/mol. The third kappa shape index (κ3) is 6.62. The van der Waals surface area contributed by atoms with E-state index in [0.717, 1.165) is 0 Å². The maximum atomic E-state index is 12.2. The van der Waals surface area contributed by atoms with E-state index in [2.05, 4.69) is 6.07 Å². The van der Waals surface area contributed by atoms with E-state index in [1.165, 1.54) is 16.9 Å². The topological polar surface area (TPSA) is 93.9 Å². The van der Waals surface area contributed by atoms with Gasteiger partial charge < -0.3 is 19.6 Å². The van der Waals surface area contributed by atoms with E-state index in [9.17, 15) is 9.59 Å². The molecule has 1 N–H and O–H groups in total. The van der Waals surface area contributed by atoms with Crippen LogP contribution in [0.4, 0.5) is 4.79 Å². The van der Waals surface area contributed by atoms with Crippen LogP contribution in [-0.2, 0) is 9.53 Å². The highest BCUT2D eigenvalue weighted by Crippen LogP contribution is 2.04. The number of carboxylic acid groups (broad SMARTS) is 1. The second kappa shape index (κ2) is 9.16. The molecule has 0 spiro atoms. The predicted molar refractivity (Wildman–Crippen MR) is 68.5 cm³/mol. The zero-order valence-corrected chi connectivity index (χ0v) is 11.6. The van der Waals surface area contributed by atoms with Crippen LogP contribution in [0.25, 0.3) is 0 Å². The third-order valence-electron chi connectivity index (χ3n) is 2.53. The van der Waals surface area contributed by atoms with Gasteiger partial charge in [0.15, 0.2) is 0 Å². The molecule has 0 saturated heterocycles. The standard InChI is InChI=1S/C12H21N3O4/c1-4-14(8-10(2)7-13)12(18)15(5-6-19-3)9-11(16)17/h10H,4-6,8-9H2,1-3H3,(H,16,17). The van der Waals surface area contributed by atoms with E-state index in [-0.39, 0.29) is 38.2 Å². The van der Waals surface area contributed by atoms with Crippen molar-refractivity contribution in [3.8, 4) is 6.07 Å². The highest BCUT2D eigenvalue weighted by molar-refractivity contribution is 5.80. The first-order chi connectivity index (χ1) is 8.96.